The quantitative estimate of drug-likeness (QED) is 0.254. The molecule has 45 heavy (non-hydrogen) atoms. The second-order valence-corrected chi connectivity index (χ2v) is 14.3. The first-order valence-corrected chi connectivity index (χ1v) is 17.5. The van der Waals surface area contributed by atoms with Gasteiger partial charge in [0, 0.05) is 35.1 Å². The summed E-state index contributed by atoms with van der Waals surface area (Å²) in [6.45, 7) is 0.959. The first kappa shape index (κ1) is 32.9. The first-order valence-electron chi connectivity index (χ1n) is 15.1. The number of nitrogens with zero attached hydrogens (tertiary/aromatic N) is 2. The summed E-state index contributed by atoms with van der Waals surface area (Å²) in [7, 11) is -3.93. The summed E-state index contributed by atoms with van der Waals surface area (Å²) in [4.78, 5) is 30.0. The van der Waals surface area contributed by atoms with Crippen molar-refractivity contribution in [2.75, 3.05) is 23.4 Å². The molecule has 12 heteroatoms. The number of carbonyl (C=O) groups excluding carboxylic acids is 2. The van der Waals surface area contributed by atoms with Crippen LogP contribution in [0.5, 0.6) is 11.5 Å². The first-order chi connectivity index (χ1) is 21.6. The minimum absolute atomic E-state index is 0.00574. The van der Waals surface area contributed by atoms with Crippen molar-refractivity contribution >= 4 is 50.7 Å². The largest absolute Gasteiger partial charge is 0.454 e. The van der Waals surface area contributed by atoms with Gasteiger partial charge in [-0.2, -0.15) is 0 Å². The summed E-state index contributed by atoms with van der Waals surface area (Å²) in [6, 6.07) is 18.2. The van der Waals surface area contributed by atoms with E-state index in [0.29, 0.717) is 27.1 Å². The lowest BCUT2D eigenvalue weighted by molar-refractivity contribution is -0.140. The predicted octanol–water partition coefficient (Wildman–Crippen LogP) is 5.97. The van der Waals surface area contributed by atoms with Crippen LogP contribution in [0.1, 0.15) is 50.2 Å². The van der Waals surface area contributed by atoms with Gasteiger partial charge in [0.2, 0.25) is 28.6 Å². The number of amides is 2. The van der Waals surface area contributed by atoms with E-state index in [4.69, 9.17) is 32.7 Å². The Morgan fingerprint density at radius 2 is 1.69 bits per heavy atom. The lowest BCUT2D eigenvalue weighted by Crippen LogP contribution is -2.55. The number of halogens is 2. The maximum absolute atomic E-state index is 14.4. The molecule has 1 fully saturated rings. The highest BCUT2D eigenvalue weighted by molar-refractivity contribution is 7.92. The van der Waals surface area contributed by atoms with Gasteiger partial charge in [0.05, 0.1) is 11.4 Å². The molecule has 3 aromatic carbocycles. The third-order valence-electron chi connectivity index (χ3n) is 8.20. The second-order valence-electron chi connectivity index (χ2n) is 11.3. The van der Waals surface area contributed by atoms with E-state index < -0.39 is 28.5 Å². The van der Waals surface area contributed by atoms with Gasteiger partial charge in [-0.05, 0) is 55.2 Å². The molecule has 0 spiro atoms. The molecule has 1 N–H and O–H groups in total. The molecule has 0 aromatic heterocycles. The van der Waals surface area contributed by atoms with Crippen molar-refractivity contribution in [2.24, 2.45) is 0 Å². The van der Waals surface area contributed by atoms with E-state index in [9.17, 15) is 18.0 Å². The summed E-state index contributed by atoms with van der Waals surface area (Å²) in [6.07, 6.45) is 5.14. The average Bonchev–Trinajstić information content (AvgIpc) is 3.51. The minimum atomic E-state index is -3.93. The van der Waals surface area contributed by atoms with E-state index in [1.807, 2.05) is 30.3 Å². The van der Waals surface area contributed by atoms with Crippen LogP contribution in [0.25, 0.3) is 0 Å². The van der Waals surface area contributed by atoms with E-state index in [1.165, 1.54) is 11.8 Å². The number of benzene rings is 3. The van der Waals surface area contributed by atoms with Gasteiger partial charge in [0.15, 0.2) is 11.5 Å². The maximum Gasteiger partial charge on any atom is 0.244 e. The topological polar surface area (TPSA) is 105 Å². The van der Waals surface area contributed by atoms with E-state index >= 15 is 0 Å². The number of hydrogen-bond donors (Lipinski definition) is 1. The molecule has 0 unspecified atom stereocenters. The van der Waals surface area contributed by atoms with E-state index in [2.05, 4.69) is 5.32 Å². The lowest BCUT2D eigenvalue weighted by Gasteiger charge is -2.35. The fourth-order valence-corrected chi connectivity index (χ4v) is 7.21. The third-order valence-corrected chi connectivity index (χ3v) is 10.5. The molecule has 240 valence electrons. The molecule has 0 saturated heterocycles. The van der Waals surface area contributed by atoms with Crippen molar-refractivity contribution in [3.8, 4) is 11.5 Å². The Bertz CT molecular complexity index is 1620. The van der Waals surface area contributed by atoms with Gasteiger partial charge in [0.1, 0.15) is 12.6 Å². The van der Waals surface area contributed by atoms with Crippen molar-refractivity contribution < 1.29 is 27.5 Å². The molecule has 2 amide bonds. The summed E-state index contributed by atoms with van der Waals surface area (Å²) < 4.78 is 38.8. The lowest BCUT2D eigenvalue weighted by atomic mass is 9.94. The summed E-state index contributed by atoms with van der Waals surface area (Å²) in [5, 5.41) is 3.95. The van der Waals surface area contributed by atoms with Crippen LogP contribution in [-0.4, -0.2) is 56.3 Å². The Balaban J connectivity index is 1.53. The third kappa shape index (κ3) is 8.23. The number of rotatable bonds is 12. The molecule has 9 nitrogen and oxygen atoms in total. The highest BCUT2D eigenvalue weighted by Crippen LogP contribution is 2.36. The van der Waals surface area contributed by atoms with Gasteiger partial charge in [-0.25, -0.2) is 8.42 Å². The normalized spacial score (nSPS) is 15.4. The van der Waals surface area contributed by atoms with E-state index in [1.54, 1.807) is 36.4 Å². The summed E-state index contributed by atoms with van der Waals surface area (Å²) >= 11 is 12.7. The molecule has 3 aromatic rings. The Labute approximate surface area is 274 Å². The Morgan fingerprint density at radius 3 is 2.40 bits per heavy atom. The maximum atomic E-state index is 14.4. The number of hydrogen-bond acceptors (Lipinski definition) is 6. The van der Waals surface area contributed by atoms with Gasteiger partial charge in [0.25, 0.3) is 0 Å². The van der Waals surface area contributed by atoms with Crippen LogP contribution >= 0.6 is 23.2 Å². The molecule has 5 rings (SSSR count). The molecule has 1 saturated carbocycles. The van der Waals surface area contributed by atoms with Crippen LogP contribution in [0.4, 0.5) is 5.69 Å². The van der Waals surface area contributed by atoms with Gasteiger partial charge in [-0.1, -0.05) is 78.9 Å². The van der Waals surface area contributed by atoms with Crippen molar-refractivity contribution in [3.63, 3.8) is 0 Å². The van der Waals surface area contributed by atoms with Crippen molar-refractivity contribution in [3.05, 3.63) is 87.9 Å². The SMILES string of the molecule is CCS(=O)(=O)N(CC(=O)N(Cc1ccc(Cl)cc1Cl)[C@@H](Cc1ccccc1)C(=O)NC1CCCCC1)c1ccc2c(c1)OCO2. The number of sulfonamides is 1. The monoisotopic (exact) mass is 673 g/mol. The number of nitrogens with one attached hydrogen (secondary N) is 1. The Hall–Kier alpha value is -3.47. The molecular weight excluding hydrogens is 637 g/mol. The predicted molar refractivity (Wildman–Crippen MR) is 175 cm³/mol. The van der Waals surface area contributed by atoms with Crippen LogP contribution in [-0.2, 0) is 32.6 Å². The van der Waals surface area contributed by atoms with Crippen molar-refractivity contribution in [1.29, 1.82) is 0 Å². The minimum Gasteiger partial charge on any atom is -0.454 e. The zero-order valence-electron chi connectivity index (χ0n) is 25.1. The van der Waals surface area contributed by atoms with Gasteiger partial charge in [-0.15, -0.1) is 0 Å². The molecule has 1 atom stereocenters. The molecule has 0 radical (unpaired) electrons. The Kier molecular flexibility index (Phi) is 10.8. The number of fused-ring (bicyclic) bond motifs is 1. The van der Waals surface area contributed by atoms with Gasteiger partial charge < -0.3 is 19.7 Å². The van der Waals surface area contributed by atoms with Crippen LogP contribution in [0, 0.1) is 0 Å². The molecule has 0 bridgehead atoms. The van der Waals surface area contributed by atoms with E-state index in [0.717, 1.165) is 42.0 Å². The number of carbonyl (C=O) groups is 2. The fourth-order valence-electron chi connectivity index (χ4n) is 5.69. The number of ether oxygens (including phenoxy) is 2. The smallest absolute Gasteiger partial charge is 0.244 e. The Morgan fingerprint density at radius 1 is 0.956 bits per heavy atom. The molecular formula is C33H37Cl2N3O6S. The summed E-state index contributed by atoms with van der Waals surface area (Å²) in [5.41, 5.74) is 1.69. The van der Waals surface area contributed by atoms with E-state index in [-0.39, 0.29) is 43.1 Å². The standard InChI is InChI=1S/C33H37Cl2N3O6S/c1-2-45(41,42)38(27-15-16-30-31(19-27)44-22-43-30)21-32(39)37(20-24-13-14-25(34)18-28(24)35)29(17-23-9-5-3-6-10-23)33(40)36-26-11-7-4-8-12-26/h3,5-6,9-10,13-16,18-19,26,29H,2,4,7-8,11-12,17,20-22H2,1H3,(H,36,40)/t29-/m0/s1. The molecule has 1 heterocycles. The second kappa shape index (κ2) is 14.7. The highest BCUT2D eigenvalue weighted by Gasteiger charge is 2.35. The fraction of sp³-hybridized carbons (Fsp3) is 0.394. The summed E-state index contributed by atoms with van der Waals surface area (Å²) in [5.74, 6) is -0.226. The average molecular weight is 675 g/mol. The van der Waals surface area contributed by atoms with Crippen molar-refractivity contribution in [2.45, 2.75) is 64.1 Å². The van der Waals surface area contributed by atoms with Gasteiger partial charge >= 0.3 is 0 Å². The molecule has 2 aliphatic rings. The molecule has 1 aliphatic heterocycles. The van der Waals surface area contributed by atoms with Crippen LogP contribution in [0.15, 0.2) is 66.7 Å². The number of anilines is 1. The van der Waals surface area contributed by atoms with Gasteiger partial charge in [-0.3, -0.25) is 13.9 Å². The highest BCUT2D eigenvalue weighted by atomic mass is 35.5. The molecule has 1 aliphatic carbocycles. The van der Waals surface area contributed by atoms with Crippen molar-refractivity contribution in [1.82, 2.24) is 10.2 Å². The zero-order valence-corrected chi connectivity index (χ0v) is 27.4. The zero-order chi connectivity index (χ0) is 32.0. The van der Waals surface area contributed by atoms with Crippen LogP contribution < -0.4 is 19.1 Å². The van der Waals surface area contributed by atoms with Crippen LogP contribution in [0.2, 0.25) is 10.0 Å². The van der Waals surface area contributed by atoms with Crippen LogP contribution in [0.3, 0.4) is 0 Å².